The molecule has 0 bridgehead atoms. The van der Waals surface area contributed by atoms with Gasteiger partial charge in [0, 0.05) is 16.3 Å². The quantitative estimate of drug-likeness (QED) is 0.829. The predicted octanol–water partition coefficient (Wildman–Crippen LogP) is 5.30. The summed E-state index contributed by atoms with van der Waals surface area (Å²) < 4.78 is 5.97. The molecule has 0 aliphatic heterocycles. The molecule has 0 spiro atoms. The van der Waals surface area contributed by atoms with Crippen molar-refractivity contribution in [2.75, 3.05) is 6.54 Å². The third kappa shape index (κ3) is 4.61. The highest BCUT2D eigenvalue weighted by molar-refractivity contribution is 5.79. The highest BCUT2D eigenvalue weighted by Crippen LogP contribution is 2.29. The van der Waals surface area contributed by atoms with Crippen molar-refractivity contribution < 1.29 is 4.42 Å². The van der Waals surface area contributed by atoms with E-state index in [0.717, 1.165) is 24.3 Å². The first kappa shape index (κ1) is 17.1. The third-order valence-electron chi connectivity index (χ3n) is 3.88. The standard InChI is InChI=1S/C20H31NO/c1-14(13-21-20(5,6)7)10-15-8-9-17-16(11-15)12-18(22-17)19(2,3)4/h8-9,11-12,14,21H,10,13H2,1-7H3/t14-/m1/s1. The topological polar surface area (TPSA) is 25.2 Å². The van der Waals surface area contributed by atoms with Crippen molar-refractivity contribution in [1.29, 1.82) is 0 Å². The summed E-state index contributed by atoms with van der Waals surface area (Å²) in [7, 11) is 0. The molecule has 1 aromatic carbocycles. The first-order chi connectivity index (χ1) is 10.0. The van der Waals surface area contributed by atoms with Crippen LogP contribution in [-0.2, 0) is 11.8 Å². The van der Waals surface area contributed by atoms with E-state index in [2.05, 4.69) is 78.0 Å². The highest BCUT2D eigenvalue weighted by Gasteiger charge is 2.19. The van der Waals surface area contributed by atoms with E-state index in [9.17, 15) is 0 Å². The second-order valence-electron chi connectivity index (χ2n) is 8.67. The Kier molecular flexibility index (Phi) is 4.72. The van der Waals surface area contributed by atoms with Gasteiger partial charge in [-0.25, -0.2) is 0 Å². The minimum Gasteiger partial charge on any atom is -0.461 e. The van der Waals surface area contributed by atoms with Crippen LogP contribution in [0.5, 0.6) is 0 Å². The average molecular weight is 301 g/mol. The molecule has 2 aromatic rings. The van der Waals surface area contributed by atoms with Gasteiger partial charge in [-0.2, -0.15) is 0 Å². The number of benzene rings is 1. The maximum absolute atomic E-state index is 5.97. The van der Waals surface area contributed by atoms with Gasteiger partial charge in [-0.05, 0) is 63.4 Å². The van der Waals surface area contributed by atoms with Gasteiger partial charge in [0.25, 0.3) is 0 Å². The maximum Gasteiger partial charge on any atom is 0.134 e. The minimum atomic E-state index is 0.0586. The number of fused-ring (bicyclic) bond motifs is 1. The lowest BCUT2D eigenvalue weighted by atomic mass is 9.93. The van der Waals surface area contributed by atoms with E-state index in [1.807, 2.05) is 0 Å². The monoisotopic (exact) mass is 301 g/mol. The molecule has 1 N–H and O–H groups in total. The van der Waals surface area contributed by atoms with Gasteiger partial charge in [-0.15, -0.1) is 0 Å². The summed E-state index contributed by atoms with van der Waals surface area (Å²) in [6, 6.07) is 8.79. The summed E-state index contributed by atoms with van der Waals surface area (Å²) in [5, 5.41) is 4.81. The Morgan fingerprint density at radius 1 is 1.05 bits per heavy atom. The van der Waals surface area contributed by atoms with Crippen LogP contribution < -0.4 is 5.32 Å². The normalized spacial score (nSPS) is 14.5. The molecule has 0 saturated carbocycles. The van der Waals surface area contributed by atoms with Gasteiger partial charge in [0.15, 0.2) is 0 Å². The Balaban J connectivity index is 2.09. The summed E-state index contributed by atoms with van der Waals surface area (Å²) in [6.07, 6.45) is 1.09. The number of nitrogens with one attached hydrogen (secondary N) is 1. The van der Waals surface area contributed by atoms with Crippen LogP contribution in [0, 0.1) is 5.92 Å². The minimum absolute atomic E-state index is 0.0586. The molecule has 0 unspecified atom stereocenters. The first-order valence-corrected chi connectivity index (χ1v) is 8.32. The van der Waals surface area contributed by atoms with Crippen molar-refractivity contribution in [1.82, 2.24) is 5.32 Å². The highest BCUT2D eigenvalue weighted by atomic mass is 16.3. The summed E-state index contributed by atoms with van der Waals surface area (Å²) in [4.78, 5) is 0. The molecule has 2 nitrogen and oxygen atoms in total. The zero-order chi connectivity index (χ0) is 16.5. The van der Waals surface area contributed by atoms with E-state index in [1.165, 1.54) is 10.9 Å². The van der Waals surface area contributed by atoms with E-state index >= 15 is 0 Å². The van der Waals surface area contributed by atoms with Crippen molar-refractivity contribution in [2.24, 2.45) is 5.92 Å². The molecule has 1 aromatic heterocycles. The van der Waals surface area contributed by atoms with Crippen LogP contribution >= 0.6 is 0 Å². The molecule has 1 heterocycles. The lowest BCUT2D eigenvalue weighted by Gasteiger charge is -2.23. The van der Waals surface area contributed by atoms with Gasteiger partial charge in [0.05, 0.1) is 0 Å². The van der Waals surface area contributed by atoms with Gasteiger partial charge >= 0.3 is 0 Å². The zero-order valence-electron chi connectivity index (χ0n) is 15.2. The summed E-state index contributed by atoms with van der Waals surface area (Å²) in [5.41, 5.74) is 2.62. The zero-order valence-corrected chi connectivity index (χ0v) is 15.2. The Morgan fingerprint density at radius 3 is 2.32 bits per heavy atom. The summed E-state index contributed by atoms with van der Waals surface area (Å²) in [5.74, 6) is 1.67. The molecule has 0 aliphatic rings. The van der Waals surface area contributed by atoms with Crippen molar-refractivity contribution in [3.63, 3.8) is 0 Å². The molecule has 0 saturated heterocycles. The second kappa shape index (κ2) is 6.08. The van der Waals surface area contributed by atoms with Crippen molar-refractivity contribution in [3.8, 4) is 0 Å². The summed E-state index contributed by atoms with van der Waals surface area (Å²) in [6.45, 7) is 16.5. The van der Waals surface area contributed by atoms with Crippen molar-refractivity contribution >= 4 is 11.0 Å². The van der Waals surface area contributed by atoms with Crippen LogP contribution in [0.1, 0.15) is 59.8 Å². The molecule has 1 atom stereocenters. The van der Waals surface area contributed by atoms with Gasteiger partial charge < -0.3 is 9.73 Å². The van der Waals surface area contributed by atoms with Crippen LogP contribution in [0.2, 0.25) is 0 Å². The van der Waals surface area contributed by atoms with Gasteiger partial charge in [-0.3, -0.25) is 0 Å². The van der Waals surface area contributed by atoms with Crippen LogP contribution in [0.4, 0.5) is 0 Å². The maximum atomic E-state index is 5.97. The van der Waals surface area contributed by atoms with E-state index in [1.54, 1.807) is 0 Å². The molecule has 0 fully saturated rings. The molecule has 2 rings (SSSR count). The van der Waals surface area contributed by atoms with E-state index < -0.39 is 0 Å². The van der Waals surface area contributed by atoms with Gasteiger partial charge in [-0.1, -0.05) is 33.8 Å². The fourth-order valence-corrected chi connectivity index (χ4v) is 2.54. The summed E-state index contributed by atoms with van der Waals surface area (Å²) >= 11 is 0. The van der Waals surface area contributed by atoms with E-state index in [-0.39, 0.29) is 11.0 Å². The molecule has 0 amide bonds. The molecule has 22 heavy (non-hydrogen) atoms. The lowest BCUT2D eigenvalue weighted by molar-refractivity contribution is 0.381. The van der Waals surface area contributed by atoms with Gasteiger partial charge in [0.2, 0.25) is 0 Å². The largest absolute Gasteiger partial charge is 0.461 e. The van der Waals surface area contributed by atoms with Crippen LogP contribution in [0.3, 0.4) is 0 Å². The Morgan fingerprint density at radius 2 is 1.73 bits per heavy atom. The number of hydrogen-bond donors (Lipinski definition) is 1. The third-order valence-corrected chi connectivity index (χ3v) is 3.88. The smallest absolute Gasteiger partial charge is 0.134 e. The number of rotatable bonds is 4. The molecule has 0 aliphatic carbocycles. The average Bonchev–Trinajstić information content (AvgIpc) is 2.78. The molecule has 0 radical (unpaired) electrons. The molecular formula is C20H31NO. The Bertz CT molecular complexity index is 625. The van der Waals surface area contributed by atoms with E-state index in [4.69, 9.17) is 4.42 Å². The number of hydrogen-bond acceptors (Lipinski definition) is 2. The Labute approximate surface area is 135 Å². The number of furan rings is 1. The van der Waals surface area contributed by atoms with Gasteiger partial charge in [0.1, 0.15) is 11.3 Å². The molecular weight excluding hydrogens is 270 g/mol. The molecule has 2 heteroatoms. The first-order valence-electron chi connectivity index (χ1n) is 8.32. The predicted molar refractivity (Wildman–Crippen MR) is 95.5 cm³/mol. The Hall–Kier alpha value is -1.28. The SMILES string of the molecule is C[C@@H](CNC(C)(C)C)Cc1ccc2oc(C(C)(C)C)cc2c1. The van der Waals surface area contributed by atoms with Crippen molar-refractivity contribution in [2.45, 2.75) is 65.8 Å². The lowest BCUT2D eigenvalue weighted by Crippen LogP contribution is -2.38. The fraction of sp³-hybridized carbons (Fsp3) is 0.600. The second-order valence-corrected chi connectivity index (χ2v) is 8.67. The van der Waals surface area contributed by atoms with Crippen LogP contribution in [0.25, 0.3) is 11.0 Å². The van der Waals surface area contributed by atoms with Crippen LogP contribution in [-0.4, -0.2) is 12.1 Å². The molecule has 122 valence electrons. The van der Waals surface area contributed by atoms with E-state index in [0.29, 0.717) is 5.92 Å². The fourth-order valence-electron chi connectivity index (χ4n) is 2.54. The van der Waals surface area contributed by atoms with Crippen molar-refractivity contribution in [3.05, 3.63) is 35.6 Å². The van der Waals surface area contributed by atoms with Crippen LogP contribution in [0.15, 0.2) is 28.7 Å².